The summed E-state index contributed by atoms with van der Waals surface area (Å²) in [5.74, 6) is -1.42. The Bertz CT molecular complexity index is 991. The summed E-state index contributed by atoms with van der Waals surface area (Å²) >= 11 is 0. The van der Waals surface area contributed by atoms with Crippen LogP contribution in [-0.2, 0) is 14.3 Å². The minimum Gasteiger partial charge on any atom is -0.481 e. The number of alkyl carbamates (subject to hydrolysis) is 1. The summed E-state index contributed by atoms with van der Waals surface area (Å²) in [6.07, 6.45) is 1.54. The molecule has 174 valence electrons. The lowest BCUT2D eigenvalue weighted by molar-refractivity contribution is -0.149. The van der Waals surface area contributed by atoms with Gasteiger partial charge < -0.3 is 20.1 Å². The molecule has 2 N–H and O–H groups in total. The molecule has 2 amide bonds. The summed E-state index contributed by atoms with van der Waals surface area (Å²) in [6, 6.07) is 16.0. The van der Waals surface area contributed by atoms with Gasteiger partial charge in [0.1, 0.15) is 6.61 Å². The van der Waals surface area contributed by atoms with E-state index in [0.717, 1.165) is 11.1 Å². The molecule has 2 aliphatic rings. The zero-order chi connectivity index (χ0) is 23.4. The zero-order valence-corrected chi connectivity index (χ0v) is 18.8. The molecule has 0 spiro atoms. The van der Waals surface area contributed by atoms with Crippen molar-refractivity contribution in [1.29, 1.82) is 0 Å². The third kappa shape index (κ3) is 4.87. The van der Waals surface area contributed by atoms with E-state index in [1.54, 1.807) is 11.8 Å². The van der Waals surface area contributed by atoms with Crippen LogP contribution in [0.15, 0.2) is 48.5 Å². The van der Waals surface area contributed by atoms with Gasteiger partial charge in [-0.2, -0.15) is 0 Å². The lowest BCUT2D eigenvalue weighted by Crippen LogP contribution is -2.49. The van der Waals surface area contributed by atoms with Crippen molar-refractivity contribution in [2.75, 3.05) is 19.7 Å². The van der Waals surface area contributed by atoms with Crippen molar-refractivity contribution < 1.29 is 24.2 Å². The van der Waals surface area contributed by atoms with Gasteiger partial charge in [-0.1, -0.05) is 48.5 Å². The van der Waals surface area contributed by atoms with Crippen LogP contribution in [0.3, 0.4) is 0 Å². The molecule has 7 heteroatoms. The Morgan fingerprint density at radius 1 is 1.06 bits per heavy atom. The van der Waals surface area contributed by atoms with Crippen molar-refractivity contribution in [1.82, 2.24) is 10.2 Å². The highest BCUT2D eigenvalue weighted by Gasteiger charge is 2.35. The number of piperidine rings is 1. The molecule has 1 aliphatic heterocycles. The average molecular weight is 451 g/mol. The van der Waals surface area contributed by atoms with E-state index in [9.17, 15) is 19.5 Å². The van der Waals surface area contributed by atoms with Crippen molar-refractivity contribution >= 4 is 18.0 Å². The molecule has 33 heavy (non-hydrogen) atoms. The van der Waals surface area contributed by atoms with Crippen LogP contribution in [0.4, 0.5) is 4.79 Å². The molecule has 2 atom stereocenters. The first-order valence-corrected chi connectivity index (χ1v) is 11.6. The number of fused-ring (bicyclic) bond motifs is 3. The first-order valence-electron chi connectivity index (χ1n) is 11.6. The number of aliphatic carboxylic acids is 1. The van der Waals surface area contributed by atoms with E-state index in [2.05, 4.69) is 29.6 Å². The number of nitrogens with zero attached hydrogens (tertiary/aromatic N) is 1. The number of hydrogen-bond acceptors (Lipinski definition) is 4. The Labute approximate surface area is 193 Å². The van der Waals surface area contributed by atoms with Crippen molar-refractivity contribution in [3.8, 4) is 11.1 Å². The number of likely N-dealkylation sites (tertiary alicyclic amines) is 1. The van der Waals surface area contributed by atoms with Gasteiger partial charge in [0.15, 0.2) is 0 Å². The Kier molecular flexibility index (Phi) is 6.96. The number of hydrogen-bond donors (Lipinski definition) is 2. The first kappa shape index (κ1) is 22.8. The highest BCUT2D eigenvalue weighted by atomic mass is 16.5. The van der Waals surface area contributed by atoms with Crippen molar-refractivity contribution in [2.24, 2.45) is 5.92 Å². The second kappa shape index (κ2) is 10.1. The quantitative estimate of drug-likeness (QED) is 0.621. The van der Waals surface area contributed by atoms with Gasteiger partial charge in [-0.05, 0) is 48.4 Å². The Hall–Kier alpha value is -3.35. The lowest BCUT2D eigenvalue weighted by Gasteiger charge is -2.37. The number of benzene rings is 2. The molecule has 1 heterocycles. The predicted octanol–water partition coefficient (Wildman–Crippen LogP) is 4.02. The Balaban J connectivity index is 1.22. The van der Waals surface area contributed by atoms with Crippen LogP contribution in [0.1, 0.15) is 49.7 Å². The van der Waals surface area contributed by atoms with Crippen LogP contribution < -0.4 is 5.32 Å². The molecular weight excluding hydrogens is 420 g/mol. The van der Waals surface area contributed by atoms with Crippen molar-refractivity contribution in [3.63, 3.8) is 0 Å². The standard InChI is InChI=1S/C26H30N2O5/c1-17-18(25(30)31)12-7-15-28(17)24(29)13-6-14-27-26(32)33-16-23-21-10-4-2-8-19(21)20-9-3-5-11-22(20)23/h2-5,8-11,17-18,23H,6-7,12-16H2,1H3,(H,27,32)(H,30,31)/t17-,18-/m0/s1. The Morgan fingerprint density at radius 2 is 1.70 bits per heavy atom. The van der Waals surface area contributed by atoms with Crippen LogP contribution in [0.2, 0.25) is 0 Å². The summed E-state index contributed by atoms with van der Waals surface area (Å²) in [7, 11) is 0. The number of carboxylic acids is 1. The molecule has 0 bridgehead atoms. The number of carboxylic acid groups (broad SMARTS) is 1. The predicted molar refractivity (Wildman–Crippen MR) is 124 cm³/mol. The fraction of sp³-hybridized carbons (Fsp3) is 0.423. The van der Waals surface area contributed by atoms with Crippen LogP contribution in [0, 0.1) is 5.92 Å². The molecule has 0 radical (unpaired) electrons. The van der Waals surface area contributed by atoms with E-state index in [1.165, 1.54) is 11.1 Å². The number of amides is 2. The molecule has 1 saturated heterocycles. The second-order valence-corrected chi connectivity index (χ2v) is 8.77. The smallest absolute Gasteiger partial charge is 0.407 e. The van der Waals surface area contributed by atoms with Gasteiger partial charge in [-0.3, -0.25) is 9.59 Å². The van der Waals surface area contributed by atoms with Crippen LogP contribution in [0.25, 0.3) is 11.1 Å². The molecule has 0 aromatic heterocycles. The van der Waals surface area contributed by atoms with E-state index in [0.29, 0.717) is 32.4 Å². The number of ether oxygens (including phenoxy) is 1. The normalized spacial score (nSPS) is 19.5. The van der Waals surface area contributed by atoms with Crippen LogP contribution >= 0.6 is 0 Å². The van der Waals surface area contributed by atoms with E-state index in [-0.39, 0.29) is 30.9 Å². The summed E-state index contributed by atoms with van der Waals surface area (Å²) in [4.78, 5) is 37.8. The van der Waals surface area contributed by atoms with Gasteiger partial charge in [-0.25, -0.2) is 4.79 Å². The van der Waals surface area contributed by atoms with E-state index in [1.807, 2.05) is 24.3 Å². The molecule has 2 aromatic carbocycles. The topological polar surface area (TPSA) is 95.9 Å². The van der Waals surface area contributed by atoms with Crippen LogP contribution in [-0.4, -0.2) is 53.7 Å². The van der Waals surface area contributed by atoms with Crippen molar-refractivity contribution in [3.05, 3.63) is 59.7 Å². The van der Waals surface area contributed by atoms with Gasteiger partial charge in [0.25, 0.3) is 0 Å². The maximum atomic E-state index is 12.5. The fourth-order valence-electron chi connectivity index (χ4n) is 5.05. The zero-order valence-electron chi connectivity index (χ0n) is 18.8. The number of rotatable bonds is 7. The maximum absolute atomic E-state index is 12.5. The van der Waals surface area contributed by atoms with Crippen molar-refractivity contribution in [2.45, 2.75) is 44.6 Å². The molecule has 1 fully saturated rings. The third-order valence-corrected chi connectivity index (χ3v) is 6.81. The third-order valence-electron chi connectivity index (χ3n) is 6.81. The molecule has 0 unspecified atom stereocenters. The fourth-order valence-corrected chi connectivity index (χ4v) is 5.05. The summed E-state index contributed by atoms with van der Waals surface area (Å²) < 4.78 is 5.51. The average Bonchev–Trinajstić information content (AvgIpc) is 3.14. The van der Waals surface area contributed by atoms with E-state index in [4.69, 9.17) is 4.74 Å². The largest absolute Gasteiger partial charge is 0.481 e. The first-order chi connectivity index (χ1) is 16.0. The second-order valence-electron chi connectivity index (χ2n) is 8.77. The maximum Gasteiger partial charge on any atom is 0.407 e. The summed E-state index contributed by atoms with van der Waals surface area (Å²) in [5, 5.41) is 12.0. The Morgan fingerprint density at radius 3 is 2.33 bits per heavy atom. The van der Waals surface area contributed by atoms with Gasteiger partial charge in [0, 0.05) is 31.5 Å². The van der Waals surface area contributed by atoms with Gasteiger partial charge in [0.05, 0.1) is 5.92 Å². The summed E-state index contributed by atoms with van der Waals surface area (Å²) in [6.45, 7) is 2.96. The molecule has 1 aliphatic carbocycles. The molecular formula is C26H30N2O5. The highest BCUT2D eigenvalue weighted by Crippen LogP contribution is 2.44. The van der Waals surface area contributed by atoms with Gasteiger partial charge in [0.2, 0.25) is 5.91 Å². The van der Waals surface area contributed by atoms with E-state index < -0.39 is 18.0 Å². The van der Waals surface area contributed by atoms with Gasteiger partial charge in [-0.15, -0.1) is 0 Å². The number of carbonyl (C=O) groups is 3. The molecule has 2 aromatic rings. The SMILES string of the molecule is C[C@H]1[C@@H](C(=O)O)CCCN1C(=O)CCCNC(=O)OCC1c2ccccc2-c2ccccc21. The highest BCUT2D eigenvalue weighted by molar-refractivity contribution is 5.80. The number of nitrogens with one attached hydrogen (secondary N) is 1. The number of carbonyl (C=O) groups excluding carboxylic acids is 2. The molecule has 4 rings (SSSR count). The van der Waals surface area contributed by atoms with E-state index >= 15 is 0 Å². The lowest BCUT2D eigenvalue weighted by atomic mass is 9.90. The minimum absolute atomic E-state index is 0.00694. The molecule has 7 nitrogen and oxygen atoms in total. The minimum atomic E-state index is -0.850. The summed E-state index contributed by atoms with van der Waals surface area (Å²) in [5.41, 5.74) is 4.68. The molecule has 0 saturated carbocycles. The van der Waals surface area contributed by atoms with Gasteiger partial charge >= 0.3 is 12.1 Å². The van der Waals surface area contributed by atoms with Crippen LogP contribution in [0.5, 0.6) is 0 Å². The monoisotopic (exact) mass is 450 g/mol.